The molecule has 1 aliphatic carbocycles. The van der Waals surface area contributed by atoms with Gasteiger partial charge in [-0.3, -0.25) is 4.79 Å². The highest BCUT2D eigenvalue weighted by Crippen LogP contribution is 2.17. The largest absolute Gasteiger partial charge is 0.392 e. The van der Waals surface area contributed by atoms with Gasteiger partial charge in [0.25, 0.3) is 0 Å². The first-order valence-electron chi connectivity index (χ1n) is 4.36. The van der Waals surface area contributed by atoms with Crippen LogP contribution in [0.1, 0.15) is 19.8 Å². The fourth-order valence-corrected chi connectivity index (χ4v) is 0.849. The SMILES string of the molecule is C[C@@H](O)CNC(=O)CNC1CC1. The predicted molar refractivity (Wildman–Crippen MR) is 45.7 cm³/mol. The average Bonchev–Trinajstić information content (AvgIpc) is 2.80. The Balaban J connectivity index is 1.95. The first kappa shape index (κ1) is 9.48. The number of amides is 1. The molecule has 1 atom stereocenters. The number of nitrogens with one attached hydrogen (secondary N) is 2. The Hall–Kier alpha value is -0.610. The summed E-state index contributed by atoms with van der Waals surface area (Å²) in [4.78, 5) is 11.0. The predicted octanol–water partition coefficient (Wildman–Crippen LogP) is -0.765. The molecule has 3 N–H and O–H groups in total. The second kappa shape index (κ2) is 4.42. The maximum Gasteiger partial charge on any atom is 0.234 e. The van der Waals surface area contributed by atoms with Gasteiger partial charge in [-0.2, -0.15) is 0 Å². The minimum Gasteiger partial charge on any atom is -0.392 e. The second-order valence-electron chi connectivity index (χ2n) is 3.31. The van der Waals surface area contributed by atoms with E-state index in [1.54, 1.807) is 6.92 Å². The van der Waals surface area contributed by atoms with Gasteiger partial charge in [0.2, 0.25) is 5.91 Å². The van der Waals surface area contributed by atoms with Gasteiger partial charge in [-0.15, -0.1) is 0 Å². The average molecular weight is 172 g/mol. The van der Waals surface area contributed by atoms with Gasteiger partial charge >= 0.3 is 0 Å². The summed E-state index contributed by atoms with van der Waals surface area (Å²) in [6.07, 6.45) is 1.91. The standard InChI is InChI=1S/C8H16N2O2/c1-6(11)4-10-8(12)5-9-7-2-3-7/h6-7,9,11H,2-5H2,1H3,(H,10,12)/t6-/m1/s1. The van der Waals surface area contributed by atoms with Crippen molar-refractivity contribution in [1.29, 1.82) is 0 Å². The van der Waals surface area contributed by atoms with E-state index in [1.807, 2.05) is 0 Å². The van der Waals surface area contributed by atoms with Crippen molar-refractivity contribution >= 4 is 5.91 Å². The van der Waals surface area contributed by atoms with Crippen molar-refractivity contribution in [3.8, 4) is 0 Å². The van der Waals surface area contributed by atoms with Crippen LogP contribution in [0.2, 0.25) is 0 Å². The number of rotatable bonds is 5. The lowest BCUT2D eigenvalue weighted by Crippen LogP contribution is -2.38. The molecule has 0 radical (unpaired) electrons. The van der Waals surface area contributed by atoms with E-state index in [-0.39, 0.29) is 5.91 Å². The Morgan fingerprint density at radius 3 is 2.83 bits per heavy atom. The molecule has 1 saturated carbocycles. The van der Waals surface area contributed by atoms with Crippen LogP contribution in [0.15, 0.2) is 0 Å². The lowest BCUT2D eigenvalue weighted by molar-refractivity contribution is -0.120. The molecule has 70 valence electrons. The van der Waals surface area contributed by atoms with Gasteiger partial charge in [-0.1, -0.05) is 0 Å². The molecule has 1 fully saturated rings. The molecular weight excluding hydrogens is 156 g/mol. The Morgan fingerprint density at radius 1 is 1.67 bits per heavy atom. The van der Waals surface area contributed by atoms with E-state index >= 15 is 0 Å². The summed E-state index contributed by atoms with van der Waals surface area (Å²) in [5.74, 6) is -0.0391. The number of aliphatic hydroxyl groups is 1. The normalized spacial score (nSPS) is 18.8. The number of aliphatic hydroxyl groups excluding tert-OH is 1. The molecule has 0 spiro atoms. The summed E-state index contributed by atoms with van der Waals surface area (Å²) < 4.78 is 0. The Labute approximate surface area is 72.3 Å². The van der Waals surface area contributed by atoms with Gasteiger partial charge in [0.15, 0.2) is 0 Å². The molecule has 0 aromatic rings. The molecule has 1 rings (SSSR count). The van der Waals surface area contributed by atoms with Crippen LogP contribution < -0.4 is 10.6 Å². The summed E-state index contributed by atoms with van der Waals surface area (Å²) >= 11 is 0. The summed E-state index contributed by atoms with van der Waals surface area (Å²) in [5.41, 5.74) is 0. The quantitative estimate of drug-likeness (QED) is 0.510. The molecule has 0 bridgehead atoms. The highest BCUT2D eigenvalue weighted by Gasteiger charge is 2.20. The van der Waals surface area contributed by atoms with Crippen molar-refractivity contribution in [2.45, 2.75) is 31.9 Å². The van der Waals surface area contributed by atoms with Crippen LogP contribution in [0, 0.1) is 0 Å². The highest BCUT2D eigenvalue weighted by atomic mass is 16.3. The molecule has 0 aromatic carbocycles. The fourth-order valence-electron chi connectivity index (χ4n) is 0.849. The molecule has 0 unspecified atom stereocenters. The van der Waals surface area contributed by atoms with E-state index < -0.39 is 6.10 Å². The molecule has 1 aliphatic rings. The zero-order valence-electron chi connectivity index (χ0n) is 7.34. The molecular formula is C8H16N2O2. The van der Waals surface area contributed by atoms with E-state index in [4.69, 9.17) is 5.11 Å². The number of carbonyl (C=O) groups is 1. The smallest absolute Gasteiger partial charge is 0.234 e. The van der Waals surface area contributed by atoms with Crippen molar-refractivity contribution in [1.82, 2.24) is 10.6 Å². The van der Waals surface area contributed by atoms with E-state index in [0.717, 1.165) is 0 Å². The number of carbonyl (C=O) groups excluding carboxylic acids is 1. The van der Waals surface area contributed by atoms with Gasteiger partial charge < -0.3 is 15.7 Å². The van der Waals surface area contributed by atoms with E-state index in [1.165, 1.54) is 12.8 Å². The van der Waals surface area contributed by atoms with Crippen molar-refractivity contribution < 1.29 is 9.90 Å². The van der Waals surface area contributed by atoms with Gasteiger partial charge in [-0.25, -0.2) is 0 Å². The second-order valence-corrected chi connectivity index (χ2v) is 3.31. The monoisotopic (exact) mass is 172 g/mol. The summed E-state index contributed by atoms with van der Waals surface area (Å²) in [6.45, 7) is 2.36. The Kier molecular flexibility index (Phi) is 3.49. The van der Waals surface area contributed by atoms with Crippen LogP contribution >= 0.6 is 0 Å². The third-order valence-electron chi connectivity index (χ3n) is 1.72. The van der Waals surface area contributed by atoms with Crippen LogP contribution in [-0.2, 0) is 4.79 Å². The number of hydrogen-bond acceptors (Lipinski definition) is 3. The lowest BCUT2D eigenvalue weighted by atomic mass is 10.4. The van der Waals surface area contributed by atoms with Gasteiger partial charge in [0.05, 0.1) is 12.6 Å². The minimum atomic E-state index is -0.463. The Morgan fingerprint density at radius 2 is 2.33 bits per heavy atom. The number of hydrogen-bond donors (Lipinski definition) is 3. The summed E-state index contributed by atoms with van der Waals surface area (Å²) in [6, 6.07) is 0.558. The molecule has 4 heteroatoms. The molecule has 12 heavy (non-hydrogen) atoms. The third kappa shape index (κ3) is 4.31. The van der Waals surface area contributed by atoms with E-state index in [9.17, 15) is 4.79 Å². The van der Waals surface area contributed by atoms with Crippen LogP contribution in [0.5, 0.6) is 0 Å². The summed E-state index contributed by atoms with van der Waals surface area (Å²) in [7, 11) is 0. The summed E-state index contributed by atoms with van der Waals surface area (Å²) in [5, 5.41) is 14.6. The van der Waals surface area contributed by atoms with Crippen LogP contribution in [-0.4, -0.2) is 36.2 Å². The first-order chi connectivity index (χ1) is 5.68. The van der Waals surface area contributed by atoms with Crippen molar-refractivity contribution in [3.05, 3.63) is 0 Å². The molecule has 4 nitrogen and oxygen atoms in total. The molecule has 0 heterocycles. The molecule has 0 aliphatic heterocycles. The zero-order valence-corrected chi connectivity index (χ0v) is 7.34. The van der Waals surface area contributed by atoms with Crippen LogP contribution in [0.3, 0.4) is 0 Å². The first-order valence-corrected chi connectivity index (χ1v) is 4.36. The highest BCUT2D eigenvalue weighted by molar-refractivity contribution is 5.78. The molecule has 1 amide bonds. The van der Waals surface area contributed by atoms with Crippen molar-refractivity contribution in [3.63, 3.8) is 0 Å². The maximum absolute atomic E-state index is 11.0. The van der Waals surface area contributed by atoms with E-state index in [2.05, 4.69) is 10.6 Å². The Bertz CT molecular complexity index is 147. The minimum absolute atomic E-state index is 0.0391. The molecule has 0 saturated heterocycles. The van der Waals surface area contributed by atoms with E-state index in [0.29, 0.717) is 19.1 Å². The lowest BCUT2D eigenvalue weighted by Gasteiger charge is -2.07. The van der Waals surface area contributed by atoms with Crippen LogP contribution in [0.25, 0.3) is 0 Å². The molecule has 0 aromatic heterocycles. The zero-order chi connectivity index (χ0) is 8.97. The van der Waals surface area contributed by atoms with Crippen molar-refractivity contribution in [2.24, 2.45) is 0 Å². The third-order valence-corrected chi connectivity index (χ3v) is 1.72. The fraction of sp³-hybridized carbons (Fsp3) is 0.875. The van der Waals surface area contributed by atoms with Crippen molar-refractivity contribution in [2.75, 3.05) is 13.1 Å². The topological polar surface area (TPSA) is 61.4 Å². The van der Waals surface area contributed by atoms with Gasteiger partial charge in [-0.05, 0) is 19.8 Å². The van der Waals surface area contributed by atoms with Crippen LogP contribution in [0.4, 0.5) is 0 Å². The maximum atomic E-state index is 11.0. The van der Waals surface area contributed by atoms with Gasteiger partial charge in [0, 0.05) is 12.6 Å². The van der Waals surface area contributed by atoms with Gasteiger partial charge in [0.1, 0.15) is 0 Å².